The molecule has 78 valence electrons. The summed E-state index contributed by atoms with van der Waals surface area (Å²) in [7, 11) is 1.67. The molecular formula is C11H17NO2. The average Bonchev–Trinajstić information content (AvgIpc) is 2.20. The highest BCUT2D eigenvalue weighted by molar-refractivity contribution is 5.42. The van der Waals surface area contributed by atoms with Gasteiger partial charge in [0.05, 0.1) is 13.2 Å². The summed E-state index contributed by atoms with van der Waals surface area (Å²) in [6.07, 6.45) is 0.00699. The van der Waals surface area contributed by atoms with Gasteiger partial charge in [-0.05, 0) is 19.1 Å². The fourth-order valence-electron chi connectivity index (χ4n) is 1.12. The molecule has 0 saturated carbocycles. The van der Waals surface area contributed by atoms with E-state index in [1.807, 2.05) is 37.3 Å². The number of hydrogen-bond acceptors (Lipinski definition) is 3. The summed E-state index contributed by atoms with van der Waals surface area (Å²) in [5.74, 6) is 0. The number of rotatable bonds is 6. The molecule has 0 radical (unpaired) electrons. The van der Waals surface area contributed by atoms with Gasteiger partial charge < -0.3 is 14.8 Å². The van der Waals surface area contributed by atoms with Crippen LogP contribution in [0.15, 0.2) is 30.3 Å². The minimum Gasteiger partial charge on any atom is -0.382 e. The standard InChI is InChI=1S/C11H17NO2/c1-10(14-9-8-13-2)12-11-6-4-3-5-7-11/h3-7,10,12H,8-9H2,1-2H3. The molecule has 0 bridgehead atoms. The lowest BCUT2D eigenvalue weighted by Crippen LogP contribution is -2.21. The van der Waals surface area contributed by atoms with Crippen LogP contribution in [0.25, 0.3) is 0 Å². The first-order valence-corrected chi connectivity index (χ1v) is 4.75. The van der Waals surface area contributed by atoms with E-state index < -0.39 is 0 Å². The Labute approximate surface area is 85.0 Å². The Bertz CT molecular complexity index is 238. The maximum atomic E-state index is 5.45. The first-order valence-electron chi connectivity index (χ1n) is 4.75. The third-order valence-corrected chi connectivity index (χ3v) is 1.80. The van der Waals surface area contributed by atoms with E-state index in [2.05, 4.69) is 5.32 Å². The van der Waals surface area contributed by atoms with Crippen molar-refractivity contribution < 1.29 is 9.47 Å². The van der Waals surface area contributed by atoms with E-state index in [1.54, 1.807) is 7.11 Å². The van der Waals surface area contributed by atoms with Crippen molar-refractivity contribution in [1.82, 2.24) is 0 Å². The van der Waals surface area contributed by atoms with Crippen LogP contribution in [0.3, 0.4) is 0 Å². The summed E-state index contributed by atoms with van der Waals surface area (Å²) < 4.78 is 10.3. The van der Waals surface area contributed by atoms with E-state index in [0.717, 1.165) is 5.69 Å². The predicted octanol–water partition coefficient (Wildman–Crippen LogP) is 2.11. The Balaban J connectivity index is 2.23. The molecule has 1 unspecified atom stereocenters. The van der Waals surface area contributed by atoms with Crippen LogP contribution in [-0.4, -0.2) is 26.6 Å². The van der Waals surface area contributed by atoms with Crippen LogP contribution >= 0.6 is 0 Å². The van der Waals surface area contributed by atoms with Gasteiger partial charge in [-0.15, -0.1) is 0 Å². The zero-order chi connectivity index (χ0) is 10.2. The molecule has 0 spiro atoms. The van der Waals surface area contributed by atoms with Crippen LogP contribution in [0.5, 0.6) is 0 Å². The molecule has 0 aliphatic rings. The molecule has 0 aliphatic carbocycles. The van der Waals surface area contributed by atoms with Gasteiger partial charge in [0.1, 0.15) is 6.23 Å². The molecule has 14 heavy (non-hydrogen) atoms. The first kappa shape index (κ1) is 11.0. The van der Waals surface area contributed by atoms with E-state index in [4.69, 9.17) is 9.47 Å². The van der Waals surface area contributed by atoms with Crippen molar-refractivity contribution in [3.63, 3.8) is 0 Å². The van der Waals surface area contributed by atoms with Crippen molar-refractivity contribution in [2.45, 2.75) is 13.2 Å². The van der Waals surface area contributed by atoms with Gasteiger partial charge in [0.25, 0.3) is 0 Å². The molecule has 1 aromatic rings. The Morgan fingerprint density at radius 2 is 1.93 bits per heavy atom. The molecule has 0 heterocycles. The summed E-state index contributed by atoms with van der Waals surface area (Å²) in [6.45, 7) is 3.21. The second-order valence-corrected chi connectivity index (χ2v) is 3.02. The molecule has 1 atom stereocenters. The highest BCUT2D eigenvalue weighted by atomic mass is 16.5. The van der Waals surface area contributed by atoms with E-state index >= 15 is 0 Å². The second-order valence-electron chi connectivity index (χ2n) is 3.02. The Hall–Kier alpha value is -1.06. The second kappa shape index (κ2) is 6.40. The quantitative estimate of drug-likeness (QED) is 0.557. The Morgan fingerprint density at radius 1 is 1.21 bits per heavy atom. The SMILES string of the molecule is COCCOC(C)Nc1ccccc1. The zero-order valence-corrected chi connectivity index (χ0v) is 8.69. The summed E-state index contributed by atoms with van der Waals surface area (Å²) in [5.41, 5.74) is 1.07. The predicted molar refractivity (Wildman–Crippen MR) is 57.4 cm³/mol. The van der Waals surface area contributed by atoms with E-state index in [1.165, 1.54) is 0 Å². The summed E-state index contributed by atoms with van der Waals surface area (Å²) in [6, 6.07) is 9.99. The summed E-state index contributed by atoms with van der Waals surface area (Å²) in [5, 5.41) is 3.22. The van der Waals surface area contributed by atoms with Crippen LogP contribution in [0.4, 0.5) is 5.69 Å². The molecule has 0 aromatic heterocycles. The third-order valence-electron chi connectivity index (χ3n) is 1.80. The van der Waals surface area contributed by atoms with Crippen molar-refractivity contribution in [3.8, 4) is 0 Å². The average molecular weight is 195 g/mol. The van der Waals surface area contributed by atoms with Crippen LogP contribution in [-0.2, 0) is 9.47 Å². The number of hydrogen-bond donors (Lipinski definition) is 1. The zero-order valence-electron chi connectivity index (χ0n) is 8.69. The molecule has 1 rings (SSSR count). The summed E-state index contributed by atoms with van der Waals surface area (Å²) >= 11 is 0. The first-order chi connectivity index (χ1) is 6.83. The third kappa shape index (κ3) is 4.25. The Kier molecular flexibility index (Phi) is 5.04. The van der Waals surface area contributed by atoms with Crippen LogP contribution in [0.2, 0.25) is 0 Å². The summed E-state index contributed by atoms with van der Waals surface area (Å²) in [4.78, 5) is 0. The van der Waals surface area contributed by atoms with Crippen molar-refractivity contribution >= 4 is 5.69 Å². The van der Waals surface area contributed by atoms with E-state index in [0.29, 0.717) is 13.2 Å². The van der Waals surface area contributed by atoms with Gasteiger partial charge in [0, 0.05) is 12.8 Å². The van der Waals surface area contributed by atoms with E-state index in [-0.39, 0.29) is 6.23 Å². The van der Waals surface area contributed by atoms with Gasteiger partial charge in [0.15, 0.2) is 0 Å². The highest BCUT2D eigenvalue weighted by Crippen LogP contribution is 2.07. The van der Waals surface area contributed by atoms with Gasteiger partial charge in [-0.2, -0.15) is 0 Å². The van der Waals surface area contributed by atoms with Gasteiger partial charge in [-0.1, -0.05) is 18.2 Å². The molecule has 1 aromatic carbocycles. The lowest BCUT2D eigenvalue weighted by molar-refractivity contribution is 0.0392. The van der Waals surface area contributed by atoms with E-state index in [9.17, 15) is 0 Å². The molecule has 0 aliphatic heterocycles. The maximum Gasteiger partial charge on any atom is 0.124 e. The maximum absolute atomic E-state index is 5.45. The molecule has 0 fully saturated rings. The monoisotopic (exact) mass is 195 g/mol. The minimum atomic E-state index is 0.00699. The fourth-order valence-corrected chi connectivity index (χ4v) is 1.12. The van der Waals surface area contributed by atoms with Crippen LogP contribution < -0.4 is 5.32 Å². The molecule has 0 saturated heterocycles. The van der Waals surface area contributed by atoms with Crippen LogP contribution in [0, 0.1) is 0 Å². The highest BCUT2D eigenvalue weighted by Gasteiger charge is 1.99. The molecule has 0 amide bonds. The fraction of sp³-hybridized carbons (Fsp3) is 0.455. The number of ether oxygens (including phenoxy) is 2. The lowest BCUT2D eigenvalue weighted by Gasteiger charge is -2.15. The molecule has 1 N–H and O–H groups in total. The van der Waals surface area contributed by atoms with Crippen molar-refractivity contribution in [2.75, 3.05) is 25.6 Å². The Morgan fingerprint density at radius 3 is 2.57 bits per heavy atom. The molecule has 3 nitrogen and oxygen atoms in total. The van der Waals surface area contributed by atoms with Crippen molar-refractivity contribution in [1.29, 1.82) is 0 Å². The molecule has 3 heteroatoms. The number of methoxy groups -OCH3 is 1. The smallest absolute Gasteiger partial charge is 0.124 e. The largest absolute Gasteiger partial charge is 0.382 e. The van der Waals surface area contributed by atoms with Crippen molar-refractivity contribution in [2.24, 2.45) is 0 Å². The number of anilines is 1. The van der Waals surface area contributed by atoms with Gasteiger partial charge in [-0.25, -0.2) is 0 Å². The topological polar surface area (TPSA) is 30.5 Å². The van der Waals surface area contributed by atoms with Gasteiger partial charge in [0.2, 0.25) is 0 Å². The normalized spacial score (nSPS) is 12.4. The van der Waals surface area contributed by atoms with Crippen molar-refractivity contribution in [3.05, 3.63) is 30.3 Å². The molecular weight excluding hydrogens is 178 g/mol. The van der Waals surface area contributed by atoms with Gasteiger partial charge in [-0.3, -0.25) is 0 Å². The van der Waals surface area contributed by atoms with Crippen LogP contribution in [0.1, 0.15) is 6.92 Å². The van der Waals surface area contributed by atoms with Gasteiger partial charge >= 0.3 is 0 Å². The number of para-hydroxylation sites is 1. The number of nitrogens with one attached hydrogen (secondary N) is 1. The minimum absolute atomic E-state index is 0.00699. The number of benzene rings is 1. The lowest BCUT2D eigenvalue weighted by atomic mass is 10.3.